The van der Waals surface area contributed by atoms with Crippen LogP contribution in [0.25, 0.3) is 0 Å². The Bertz CT molecular complexity index is 1070. The number of anilines is 2. The van der Waals surface area contributed by atoms with Gasteiger partial charge in [0.1, 0.15) is 0 Å². The van der Waals surface area contributed by atoms with E-state index in [9.17, 15) is 4.57 Å². The Balaban J connectivity index is 1.89. The molecule has 4 aromatic rings. The van der Waals surface area contributed by atoms with Crippen molar-refractivity contribution < 1.29 is 4.57 Å². The maximum Gasteiger partial charge on any atom is 0.173 e. The minimum Gasteiger partial charge on any atom is -0.355 e. The molecular weight excluding hydrogens is 429 g/mol. The number of nitrogens with one attached hydrogen (secondary N) is 1. The first-order chi connectivity index (χ1) is 13.7. The SMILES string of the molecule is O=P(c1ccccc1)(c1ccccc1)c1ccccc1Nc1ccc(Br)cc1. The lowest BCUT2D eigenvalue weighted by atomic mass is 10.2. The molecule has 0 amide bonds. The molecule has 0 atom stereocenters. The van der Waals surface area contributed by atoms with E-state index in [2.05, 4.69) is 21.2 Å². The van der Waals surface area contributed by atoms with Crippen molar-refractivity contribution in [1.29, 1.82) is 0 Å². The highest BCUT2D eigenvalue weighted by Gasteiger charge is 2.31. The van der Waals surface area contributed by atoms with E-state index in [1.54, 1.807) is 0 Å². The van der Waals surface area contributed by atoms with E-state index in [-0.39, 0.29) is 0 Å². The van der Waals surface area contributed by atoms with Gasteiger partial charge in [-0.25, -0.2) is 0 Å². The van der Waals surface area contributed by atoms with Crippen molar-refractivity contribution in [2.75, 3.05) is 5.32 Å². The Morgan fingerprint density at radius 3 is 1.68 bits per heavy atom. The second-order valence-corrected chi connectivity index (χ2v) is 10.1. The second-order valence-electron chi connectivity index (χ2n) is 6.43. The van der Waals surface area contributed by atoms with E-state index in [4.69, 9.17) is 0 Å². The Labute approximate surface area is 173 Å². The van der Waals surface area contributed by atoms with E-state index >= 15 is 0 Å². The first kappa shape index (κ1) is 18.7. The van der Waals surface area contributed by atoms with Gasteiger partial charge in [0.2, 0.25) is 0 Å². The van der Waals surface area contributed by atoms with Gasteiger partial charge in [-0.1, -0.05) is 88.7 Å². The maximum absolute atomic E-state index is 14.6. The molecule has 0 aliphatic heterocycles. The van der Waals surface area contributed by atoms with Gasteiger partial charge in [-0.15, -0.1) is 0 Å². The molecule has 0 bridgehead atoms. The summed E-state index contributed by atoms with van der Waals surface area (Å²) in [6.07, 6.45) is 0. The Hall–Kier alpha value is -2.61. The van der Waals surface area contributed by atoms with Crippen molar-refractivity contribution in [3.8, 4) is 0 Å². The Kier molecular flexibility index (Phi) is 5.47. The third kappa shape index (κ3) is 3.69. The zero-order valence-electron chi connectivity index (χ0n) is 15.1. The maximum atomic E-state index is 14.6. The number of hydrogen-bond acceptors (Lipinski definition) is 2. The van der Waals surface area contributed by atoms with Gasteiger partial charge in [-0.05, 0) is 36.4 Å². The fourth-order valence-corrected chi connectivity index (χ4v) is 6.31. The molecular formula is C24H19BrNOP. The highest BCUT2D eigenvalue weighted by atomic mass is 79.9. The van der Waals surface area contributed by atoms with Gasteiger partial charge in [-0.2, -0.15) is 0 Å². The van der Waals surface area contributed by atoms with Gasteiger partial charge >= 0.3 is 0 Å². The van der Waals surface area contributed by atoms with E-state index in [0.717, 1.165) is 31.8 Å². The van der Waals surface area contributed by atoms with E-state index < -0.39 is 7.14 Å². The first-order valence-corrected chi connectivity index (χ1v) is 11.5. The molecule has 4 aromatic carbocycles. The monoisotopic (exact) mass is 447 g/mol. The molecule has 0 unspecified atom stereocenters. The van der Waals surface area contributed by atoms with Crippen LogP contribution in [0.4, 0.5) is 11.4 Å². The lowest BCUT2D eigenvalue weighted by Gasteiger charge is -2.23. The third-order valence-corrected chi connectivity index (χ3v) is 8.25. The molecule has 28 heavy (non-hydrogen) atoms. The van der Waals surface area contributed by atoms with E-state index in [0.29, 0.717) is 0 Å². The molecule has 0 aromatic heterocycles. The van der Waals surface area contributed by atoms with Crippen LogP contribution in [0.3, 0.4) is 0 Å². The highest BCUT2D eigenvalue weighted by Crippen LogP contribution is 2.44. The summed E-state index contributed by atoms with van der Waals surface area (Å²) in [7, 11) is -3.03. The minimum atomic E-state index is -3.03. The number of halogens is 1. The molecule has 0 fully saturated rings. The van der Waals surface area contributed by atoms with Gasteiger partial charge < -0.3 is 9.88 Å². The molecule has 0 saturated carbocycles. The number of para-hydroxylation sites is 1. The standard InChI is InChI=1S/C24H19BrNOP/c25-19-15-17-20(18-16-19)26-23-13-7-8-14-24(23)28(27,21-9-3-1-4-10-21)22-11-5-2-6-12-22/h1-18,26H. The Morgan fingerprint density at radius 2 is 1.11 bits per heavy atom. The molecule has 0 aliphatic rings. The van der Waals surface area contributed by atoms with Crippen LogP contribution in [0, 0.1) is 0 Å². The molecule has 0 heterocycles. The van der Waals surface area contributed by atoms with Crippen molar-refractivity contribution in [2.45, 2.75) is 0 Å². The van der Waals surface area contributed by atoms with Crippen LogP contribution >= 0.6 is 23.1 Å². The van der Waals surface area contributed by atoms with Crippen LogP contribution in [0.2, 0.25) is 0 Å². The van der Waals surface area contributed by atoms with Crippen molar-refractivity contribution in [1.82, 2.24) is 0 Å². The molecule has 138 valence electrons. The number of benzene rings is 4. The summed E-state index contributed by atoms with van der Waals surface area (Å²) in [5, 5.41) is 5.90. The fourth-order valence-electron chi connectivity index (χ4n) is 3.25. The minimum absolute atomic E-state index is 0.801. The predicted octanol–water partition coefficient (Wildman–Crippen LogP) is 5.83. The topological polar surface area (TPSA) is 29.1 Å². The molecule has 0 radical (unpaired) electrons. The highest BCUT2D eigenvalue weighted by molar-refractivity contribution is 9.10. The summed E-state index contributed by atoms with van der Waals surface area (Å²) in [4.78, 5) is 0. The summed E-state index contributed by atoms with van der Waals surface area (Å²) >= 11 is 3.47. The summed E-state index contributed by atoms with van der Waals surface area (Å²) in [6, 6.07) is 35.3. The quantitative estimate of drug-likeness (QED) is 0.389. The first-order valence-electron chi connectivity index (χ1n) is 9.01. The molecule has 4 rings (SSSR count). The lowest BCUT2D eigenvalue weighted by Crippen LogP contribution is -2.26. The summed E-state index contributed by atoms with van der Waals surface area (Å²) in [5.74, 6) is 0. The van der Waals surface area contributed by atoms with Crippen LogP contribution in [0.15, 0.2) is 114 Å². The zero-order chi connectivity index (χ0) is 19.4. The van der Waals surface area contributed by atoms with Crippen LogP contribution in [0.1, 0.15) is 0 Å². The number of hydrogen-bond donors (Lipinski definition) is 1. The summed E-state index contributed by atoms with van der Waals surface area (Å²) in [5.41, 5.74) is 1.80. The molecule has 4 heteroatoms. The molecule has 2 nitrogen and oxygen atoms in total. The average molecular weight is 448 g/mol. The smallest absolute Gasteiger partial charge is 0.173 e. The van der Waals surface area contributed by atoms with Gasteiger partial charge in [0.05, 0.1) is 0 Å². The molecule has 1 N–H and O–H groups in total. The van der Waals surface area contributed by atoms with Crippen molar-refractivity contribution in [3.63, 3.8) is 0 Å². The summed E-state index contributed by atoms with van der Waals surface area (Å²) < 4.78 is 15.7. The average Bonchev–Trinajstić information content (AvgIpc) is 2.76. The van der Waals surface area contributed by atoms with Gasteiger partial charge in [0.15, 0.2) is 7.14 Å². The third-order valence-electron chi connectivity index (χ3n) is 4.61. The predicted molar refractivity (Wildman–Crippen MR) is 123 cm³/mol. The van der Waals surface area contributed by atoms with Gasteiger partial charge in [0.25, 0.3) is 0 Å². The second kappa shape index (κ2) is 8.18. The summed E-state index contributed by atoms with van der Waals surface area (Å²) in [6.45, 7) is 0. The lowest BCUT2D eigenvalue weighted by molar-refractivity contribution is 0.592. The van der Waals surface area contributed by atoms with Crippen LogP contribution in [-0.2, 0) is 4.57 Å². The van der Waals surface area contributed by atoms with Crippen molar-refractivity contribution in [2.24, 2.45) is 0 Å². The van der Waals surface area contributed by atoms with Crippen molar-refractivity contribution in [3.05, 3.63) is 114 Å². The molecule has 0 aliphatic carbocycles. The van der Waals surface area contributed by atoms with E-state index in [1.807, 2.05) is 109 Å². The normalized spacial score (nSPS) is 11.2. The largest absolute Gasteiger partial charge is 0.355 e. The zero-order valence-corrected chi connectivity index (χ0v) is 17.6. The number of rotatable bonds is 5. The van der Waals surface area contributed by atoms with Gasteiger partial charge in [-0.3, -0.25) is 0 Å². The van der Waals surface area contributed by atoms with Gasteiger partial charge in [0, 0.05) is 31.8 Å². The fraction of sp³-hybridized carbons (Fsp3) is 0. The van der Waals surface area contributed by atoms with Crippen LogP contribution in [0.5, 0.6) is 0 Å². The van der Waals surface area contributed by atoms with E-state index in [1.165, 1.54) is 0 Å². The van der Waals surface area contributed by atoms with Crippen LogP contribution < -0.4 is 21.2 Å². The van der Waals surface area contributed by atoms with Crippen LogP contribution in [-0.4, -0.2) is 0 Å². The molecule has 0 spiro atoms. The molecule has 0 saturated heterocycles. The Morgan fingerprint density at radius 1 is 0.607 bits per heavy atom. The van der Waals surface area contributed by atoms with Crippen molar-refractivity contribution >= 4 is 50.4 Å².